The second-order valence-electron chi connectivity index (χ2n) is 5.14. The first-order valence-corrected chi connectivity index (χ1v) is 8.10. The van der Waals surface area contributed by atoms with Gasteiger partial charge in [0, 0.05) is 17.8 Å². The third kappa shape index (κ3) is 4.63. The van der Waals surface area contributed by atoms with E-state index in [1.165, 1.54) is 0 Å². The van der Waals surface area contributed by atoms with Crippen molar-refractivity contribution < 1.29 is 9.53 Å². The van der Waals surface area contributed by atoms with Crippen LogP contribution in [0.5, 0.6) is 5.75 Å². The van der Waals surface area contributed by atoms with Gasteiger partial charge in [-0.2, -0.15) is 11.8 Å². The highest BCUT2D eigenvalue weighted by molar-refractivity contribution is 7.99. The monoisotopic (exact) mass is 294 g/mol. The van der Waals surface area contributed by atoms with Crippen LogP contribution in [0.15, 0.2) is 24.3 Å². The highest BCUT2D eigenvalue weighted by atomic mass is 32.2. The number of carbonyl (C=O) groups excluding carboxylic acids is 1. The van der Waals surface area contributed by atoms with Crippen LogP contribution < -0.4 is 15.4 Å². The minimum atomic E-state index is -0.0621. The number of benzene rings is 1. The first-order valence-electron chi connectivity index (χ1n) is 6.95. The molecule has 20 heavy (non-hydrogen) atoms. The first kappa shape index (κ1) is 15.0. The van der Waals surface area contributed by atoms with E-state index in [1.807, 2.05) is 43.0 Å². The topological polar surface area (TPSA) is 50.4 Å². The summed E-state index contributed by atoms with van der Waals surface area (Å²) in [5.74, 6) is 3.02. The standard InChI is InChI=1S/C15H22N2O2S/c1-11(8-12-4-3-5-14(9-12)19-2)16-15(18)17-13-6-7-20-10-13/h3-5,9,11,13H,6-8,10H2,1-2H3,(H2,16,17,18)/t11-,13+/m0/s1. The maximum absolute atomic E-state index is 11.9. The SMILES string of the molecule is COc1cccc(C[C@H](C)NC(=O)N[C@@H]2CCSC2)c1. The fourth-order valence-corrected chi connectivity index (χ4v) is 3.46. The Morgan fingerprint density at radius 2 is 2.40 bits per heavy atom. The molecule has 2 amide bonds. The number of methoxy groups -OCH3 is 1. The van der Waals surface area contributed by atoms with Crippen LogP contribution in [0.25, 0.3) is 0 Å². The third-order valence-corrected chi connectivity index (χ3v) is 4.48. The zero-order chi connectivity index (χ0) is 14.4. The van der Waals surface area contributed by atoms with Crippen molar-refractivity contribution in [3.8, 4) is 5.75 Å². The van der Waals surface area contributed by atoms with Gasteiger partial charge < -0.3 is 15.4 Å². The minimum absolute atomic E-state index is 0.0621. The van der Waals surface area contributed by atoms with Crippen molar-refractivity contribution in [2.75, 3.05) is 18.6 Å². The summed E-state index contributed by atoms with van der Waals surface area (Å²) < 4.78 is 5.20. The largest absolute Gasteiger partial charge is 0.497 e. The fourth-order valence-electron chi connectivity index (χ4n) is 2.30. The lowest BCUT2D eigenvalue weighted by atomic mass is 10.1. The van der Waals surface area contributed by atoms with Gasteiger partial charge in [0.1, 0.15) is 5.75 Å². The molecule has 1 fully saturated rings. The van der Waals surface area contributed by atoms with E-state index in [9.17, 15) is 4.79 Å². The second kappa shape index (κ2) is 7.43. The molecule has 0 aliphatic carbocycles. The number of ether oxygens (including phenoxy) is 1. The molecular formula is C15H22N2O2S. The Morgan fingerprint density at radius 1 is 1.55 bits per heavy atom. The van der Waals surface area contributed by atoms with Crippen LogP contribution in [0.1, 0.15) is 18.9 Å². The van der Waals surface area contributed by atoms with Gasteiger partial charge in [0.2, 0.25) is 0 Å². The lowest BCUT2D eigenvalue weighted by molar-refractivity contribution is 0.235. The van der Waals surface area contributed by atoms with Crippen LogP contribution in [0, 0.1) is 0 Å². The Balaban J connectivity index is 1.78. The molecule has 0 saturated carbocycles. The van der Waals surface area contributed by atoms with Gasteiger partial charge in [-0.1, -0.05) is 12.1 Å². The van der Waals surface area contributed by atoms with E-state index in [0.29, 0.717) is 6.04 Å². The van der Waals surface area contributed by atoms with E-state index in [-0.39, 0.29) is 12.1 Å². The second-order valence-corrected chi connectivity index (χ2v) is 6.28. The first-order chi connectivity index (χ1) is 9.67. The number of urea groups is 1. The predicted octanol–water partition coefficient (Wildman–Crippen LogP) is 2.43. The van der Waals surface area contributed by atoms with Gasteiger partial charge in [0.25, 0.3) is 0 Å². The molecule has 2 rings (SSSR count). The Hall–Kier alpha value is -1.36. The maximum atomic E-state index is 11.9. The van der Waals surface area contributed by atoms with Gasteiger partial charge >= 0.3 is 6.03 Å². The van der Waals surface area contributed by atoms with Crippen molar-refractivity contribution in [1.82, 2.24) is 10.6 Å². The summed E-state index contributed by atoms with van der Waals surface area (Å²) in [5, 5.41) is 6.02. The van der Waals surface area contributed by atoms with Gasteiger partial charge in [0.15, 0.2) is 0 Å². The Morgan fingerprint density at radius 3 is 3.10 bits per heavy atom. The number of amides is 2. The zero-order valence-electron chi connectivity index (χ0n) is 12.0. The molecule has 0 unspecified atom stereocenters. The van der Waals surface area contributed by atoms with Crippen molar-refractivity contribution in [2.24, 2.45) is 0 Å². The summed E-state index contributed by atoms with van der Waals surface area (Å²) in [7, 11) is 1.66. The number of hydrogen-bond donors (Lipinski definition) is 2. The lowest BCUT2D eigenvalue weighted by Crippen LogP contribution is -2.46. The number of carbonyl (C=O) groups is 1. The Kier molecular flexibility index (Phi) is 5.59. The Labute approximate surface area is 124 Å². The van der Waals surface area contributed by atoms with Crippen LogP contribution in [0.2, 0.25) is 0 Å². The van der Waals surface area contributed by atoms with Crippen molar-refractivity contribution in [2.45, 2.75) is 31.8 Å². The summed E-state index contributed by atoms with van der Waals surface area (Å²) in [4.78, 5) is 11.9. The van der Waals surface area contributed by atoms with Crippen molar-refractivity contribution in [3.63, 3.8) is 0 Å². The molecule has 0 spiro atoms. The Bertz CT molecular complexity index is 447. The number of thioether (sulfide) groups is 1. The smallest absolute Gasteiger partial charge is 0.315 e. The molecule has 0 bridgehead atoms. The van der Waals surface area contributed by atoms with Gasteiger partial charge in [-0.25, -0.2) is 4.79 Å². The van der Waals surface area contributed by atoms with E-state index in [0.717, 1.165) is 35.7 Å². The molecule has 4 nitrogen and oxygen atoms in total. The zero-order valence-corrected chi connectivity index (χ0v) is 12.8. The molecule has 1 saturated heterocycles. The van der Waals surface area contributed by atoms with E-state index in [4.69, 9.17) is 4.74 Å². The van der Waals surface area contributed by atoms with Crippen LogP contribution in [-0.2, 0) is 6.42 Å². The van der Waals surface area contributed by atoms with Crippen molar-refractivity contribution >= 4 is 17.8 Å². The number of rotatable bonds is 5. The molecular weight excluding hydrogens is 272 g/mol. The van der Waals surface area contributed by atoms with Crippen LogP contribution in [0.4, 0.5) is 4.79 Å². The van der Waals surface area contributed by atoms with Crippen LogP contribution in [-0.4, -0.2) is 36.7 Å². The van der Waals surface area contributed by atoms with Crippen molar-refractivity contribution in [1.29, 1.82) is 0 Å². The molecule has 110 valence electrons. The normalized spacial score (nSPS) is 19.4. The molecule has 1 aromatic rings. The summed E-state index contributed by atoms with van der Waals surface area (Å²) in [5.41, 5.74) is 1.16. The summed E-state index contributed by atoms with van der Waals surface area (Å²) in [6.07, 6.45) is 1.87. The van der Waals surface area contributed by atoms with Gasteiger partial charge in [-0.15, -0.1) is 0 Å². The summed E-state index contributed by atoms with van der Waals surface area (Å²) >= 11 is 1.89. The van der Waals surface area contributed by atoms with E-state index >= 15 is 0 Å². The molecule has 1 heterocycles. The average molecular weight is 294 g/mol. The quantitative estimate of drug-likeness (QED) is 0.877. The molecule has 2 N–H and O–H groups in total. The minimum Gasteiger partial charge on any atom is -0.497 e. The molecule has 0 radical (unpaired) electrons. The highest BCUT2D eigenvalue weighted by Gasteiger charge is 2.18. The number of hydrogen-bond acceptors (Lipinski definition) is 3. The highest BCUT2D eigenvalue weighted by Crippen LogP contribution is 2.17. The lowest BCUT2D eigenvalue weighted by Gasteiger charge is -2.17. The average Bonchev–Trinajstić information content (AvgIpc) is 2.91. The molecule has 2 atom stereocenters. The molecule has 1 aliphatic rings. The molecule has 1 aliphatic heterocycles. The fraction of sp³-hybridized carbons (Fsp3) is 0.533. The molecule has 0 aromatic heterocycles. The van der Waals surface area contributed by atoms with E-state index < -0.39 is 0 Å². The van der Waals surface area contributed by atoms with Gasteiger partial charge in [0.05, 0.1) is 7.11 Å². The predicted molar refractivity (Wildman–Crippen MR) is 83.6 cm³/mol. The summed E-state index contributed by atoms with van der Waals surface area (Å²) in [6.45, 7) is 2.02. The van der Waals surface area contributed by atoms with Crippen LogP contribution >= 0.6 is 11.8 Å². The van der Waals surface area contributed by atoms with Gasteiger partial charge in [-0.3, -0.25) is 0 Å². The van der Waals surface area contributed by atoms with E-state index in [1.54, 1.807) is 7.11 Å². The van der Waals surface area contributed by atoms with Gasteiger partial charge in [-0.05, 0) is 43.2 Å². The summed E-state index contributed by atoms with van der Waals surface area (Å²) in [6, 6.07) is 8.30. The number of nitrogens with one attached hydrogen (secondary N) is 2. The molecule has 5 heteroatoms. The van der Waals surface area contributed by atoms with Crippen LogP contribution in [0.3, 0.4) is 0 Å². The molecule has 1 aromatic carbocycles. The maximum Gasteiger partial charge on any atom is 0.315 e. The third-order valence-electron chi connectivity index (χ3n) is 3.32. The van der Waals surface area contributed by atoms with E-state index in [2.05, 4.69) is 10.6 Å². The van der Waals surface area contributed by atoms with Crippen molar-refractivity contribution in [3.05, 3.63) is 29.8 Å².